The fourth-order valence-corrected chi connectivity index (χ4v) is 6.07. The van der Waals surface area contributed by atoms with Gasteiger partial charge in [0.15, 0.2) is 7.14 Å². The number of hydrogen-bond acceptors (Lipinski definition) is 5. The fourth-order valence-electron chi connectivity index (χ4n) is 3.13. The van der Waals surface area contributed by atoms with Gasteiger partial charge in [-0.1, -0.05) is 53.5 Å². The SMILES string of the molecule is COC(=O)c1c(Cl)cc(/C=C/P(=O)(c2cccc(OC)c2)c2cccc(OC)c2)cc1Cl. The zero-order valence-electron chi connectivity index (χ0n) is 17.7. The van der Waals surface area contributed by atoms with Crippen LogP contribution in [0.5, 0.6) is 11.5 Å². The van der Waals surface area contributed by atoms with Crippen LogP contribution in [0.15, 0.2) is 66.5 Å². The van der Waals surface area contributed by atoms with Crippen LogP contribution in [0.3, 0.4) is 0 Å². The molecule has 3 aromatic rings. The summed E-state index contributed by atoms with van der Waals surface area (Å²) in [6.07, 6.45) is 1.67. The molecule has 0 saturated heterocycles. The van der Waals surface area contributed by atoms with Crippen LogP contribution in [0.4, 0.5) is 0 Å². The molecule has 0 fully saturated rings. The first-order valence-corrected chi connectivity index (χ1v) is 12.0. The van der Waals surface area contributed by atoms with E-state index in [0.29, 0.717) is 27.7 Å². The van der Waals surface area contributed by atoms with Gasteiger partial charge in [-0.05, 0) is 47.8 Å². The molecule has 32 heavy (non-hydrogen) atoms. The molecule has 0 aliphatic heterocycles. The summed E-state index contributed by atoms with van der Waals surface area (Å²) in [7, 11) is 1.10. The van der Waals surface area contributed by atoms with Gasteiger partial charge in [0.05, 0.1) is 36.9 Å². The van der Waals surface area contributed by atoms with Crippen LogP contribution in [-0.4, -0.2) is 27.3 Å². The summed E-state index contributed by atoms with van der Waals surface area (Å²) in [6, 6.07) is 17.3. The number of ether oxygens (including phenoxy) is 3. The minimum absolute atomic E-state index is 0.0803. The van der Waals surface area contributed by atoms with Crippen LogP contribution in [0.2, 0.25) is 10.0 Å². The van der Waals surface area contributed by atoms with E-state index in [9.17, 15) is 9.36 Å². The number of hydrogen-bond donors (Lipinski definition) is 0. The second kappa shape index (κ2) is 10.3. The van der Waals surface area contributed by atoms with Gasteiger partial charge in [-0.15, -0.1) is 0 Å². The van der Waals surface area contributed by atoms with Gasteiger partial charge < -0.3 is 18.8 Å². The molecule has 166 valence electrons. The third-order valence-electron chi connectivity index (χ3n) is 4.80. The molecule has 3 aromatic carbocycles. The Kier molecular flexibility index (Phi) is 7.68. The maximum absolute atomic E-state index is 14.4. The smallest absolute Gasteiger partial charge is 0.340 e. The highest BCUT2D eigenvalue weighted by atomic mass is 35.5. The first-order chi connectivity index (χ1) is 15.3. The first kappa shape index (κ1) is 23.9. The number of benzene rings is 3. The molecule has 0 N–H and O–H groups in total. The molecule has 0 atom stereocenters. The molecule has 5 nitrogen and oxygen atoms in total. The lowest BCUT2D eigenvalue weighted by molar-refractivity contribution is 0.0601. The van der Waals surface area contributed by atoms with Gasteiger partial charge in [-0.2, -0.15) is 0 Å². The summed E-state index contributed by atoms with van der Waals surface area (Å²) < 4.78 is 29.7. The van der Waals surface area contributed by atoms with Crippen molar-refractivity contribution in [1.29, 1.82) is 0 Å². The van der Waals surface area contributed by atoms with E-state index in [1.54, 1.807) is 86.8 Å². The molecule has 3 rings (SSSR count). The van der Waals surface area contributed by atoms with Crippen LogP contribution in [0.25, 0.3) is 6.08 Å². The lowest BCUT2D eigenvalue weighted by atomic mass is 10.1. The molecule has 8 heteroatoms. The van der Waals surface area contributed by atoms with Gasteiger partial charge in [0.25, 0.3) is 0 Å². The Morgan fingerprint density at radius 3 is 1.78 bits per heavy atom. The number of methoxy groups -OCH3 is 3. The van der Waals surface area contributed by atoms with Gasteiger partial charge in [0.2, 0.25) is 0 Å². The van der Waals surface area contributed by atoms with E-state index in [0.717, 1.165) is 0 Å². The fraction of sp³-hybridized carbons (Fsp3) is 0.125. The zero-order valence-corrected chi connectivity index (χ0v) is 20.1. The summed E-state index contributed by atoms with van der Waals surface area (Å²) >= 11 is 12.5. The van der Waals surface area contributed by atoms with Crippen molar-refractivity contribution in [3.8, 4) is 11.5 Å². The molecular weight excluding hydrogens is 470 g/mol. The van der Waals surface area contributed by atoms with Gasteiger partial charge in [0.1, 0.15) is 11.5 Å². The molecule has 0 aliphatic rings. The van der Waals surface area contributed by atoms with E-state index in [4.69, 9.17) is 37.4 Å². The minimum Gasteiger partial charge on any atom is -0.497 e. The average Bonchev–Trinajstić information content (AvgIpc) is 2.82. The Labute approximate surface area is 196 Å². The number of carbonyl (C=O) groups is 1. The average molecular weight is 491 g/mol. The van der Waals surface area contributed by atoms with Crippen molar-refractivity contribution in [3.05, 3.63) is 87.7 Å². The Bertz CT molecular complexity index is 1150. The highest BCUT2D eigenvalue weighted by molar-refractivity contribution is 7.81. The zero-order chi connectivity index (χ0) is 23.3. The number of esters is 1. The molecule has 0 heterocycles. The van der Waals surface area contributed by atoms with Crippen LogP contribution >= 0.6 is 30.3 Å². The summed E-state index contributed by atoms with van der Waals surface area (Å²) in [6.45, 7) is 0. The molecule has 0 aromatic heterocycles. The normalized spacial score (nSPS) is 11.4. The lowest BCUT2D eigenvalue weighted by Gasteiger charge is -2.17. The molecule has 0 saturated carbocycles. The highest BCUT2D eigenvalue weighted by Gasteiger charge is 2.26. The quantitative estimate of drug-likeness (QED) is 0.310. The van der Waals surface area contributed by atoms with Crippen molar-refractivity contribution in [2.24, 2.45) is 0 Å². The third-order valence-corrected chi connectivity index (χ3v) is 8.06. The maximum Gasteiger partial charge on any atom is 0.340 e. The number of carbonyl (C=O) groups excluding carboxylic acids is 1. The van der Waals surface area contributed by atoms with Crippen molar-refractivity contribution in [1.82, 2.24) is 0 Å². The van der Waals surface area contributed by atoms with Gasteiger partial charge in [-0.3, -0.25) is 0 Å². The Balaban J connectivity index is 2.13. The first-order valence-electron chi connectivity index (χ1n) is 9.48. The van der Waals surface area contributed by atoms with E-state index in [1.807, 2.05) is 0 Å². The Morgan fingerprint density at radius 2 is 1.34 bits per heavy atom. The molecule has 0 unspecified atom stereocenters. The standard InChI is InChI=1S/C24H21Cl2O5P/c1-29-17-6-4-8-19(14-17)32(28,20-9-5-7-18(15-20)30-2)11-10-16-12-21(25)23(22(26)13-16)24(27)31-3/h4-15H,1-3H3/b11-10+. The molecule has 0 amide bonds. The van der Waals surface area contributed by atoms with Crippen molar-refractivity contribution < 1.29 is 23.6 Å². The van der Waals surface area contributed by atoms with E-state index in [2.05, 4.69) is 0 Å². The maximum atomic E-state index is 14.4. The largest absolute Gasteiger partial charge is 0.497 e. The van der Waals surface area contributed by atoms with Crippen molar-refractivity contribution in [3.63, 3.8) is 0 Å². The highest BCUT2D eigenvalue weighted by Crippen LogP contribution is 2.47. The lowest BCUT2D eigenvalue weighted by Crippen LogP contribution is -2.15. The predicted molar refractivity (Wildman–Crippen MR) is 130 cm³/mol. The molecule has 0 radical (unpaired) electrons. The van der Waals surface area contributed by atoms with Gasteiger partial charge in [0, 0.05) is 10.6 Å². The van der Waals surface area contributed by atoms with E-state index >= 15 is 0 Å². The third kappa shape index (κ3) is 5.02. The Morgan fingerprint density at radius 1 is 0.844 bits per heavy atom. The van der Waals surface area contributed by atoms with Crippen LogP contribution in [0, 0.1) is 0 Å². The summed E-state index contributed by atoms with van der Waals surface area (Å²) in [5.74, 6) is 2.17. The van der Waals surface area contributed by atoms with Crippen LogP contribution in [-0.2, 0) is 9.30 Å². The second-order valence-electron chi connectivity index (χ2n) is 6.73. The van der Waals surface area contributed by atoms with Gasteiger partial charge in [-0.25, -0.2) is 4.79 Å². The van der Waals surface area contributed by atoms with Crippen molar-refractivity contribution in [2.45, 2.75) is 0 Å². The Hall–Kier alpha value is -2.72. The summed E-state index contributed by atoms with van der Waals surface area (Å²) in [5, 5.41) is 1.46. The minimum atomic E-state index is -3.26. The summed E-state index contributed by atoms with van der Waals surface area (Å²) in [5.41, 5.74) is 0.662. The van der Waals surface area contributed by atoms with E-state index < -0.39 is 13.1 Å². The van der Waals surface area contributed by atoms with Gasteiger partial charge >= 0.3 is 5.97 Å². The second-order valence-corrected chi connectivity index (χ2v) is 10.2. The number of rotatable bonds is 7. The monoisotopic (exact) mass is 490 g/mol. The summed E-state index contributed by atoms with van der Waals surface area (Å²) in [4.78, 5) is 11.9. The topological polar surface area (TPSA) is 61.8 Å². The molecule has 0 bridgehead atoms. The molecule has 0 spiro atoms. The van der Waals surface area contributed by atoms with E-state index in [-0.39, 0.29) is 15.6 Å². The number of halogens is 2. The van der Waals surface area contributed by atoms with Crippen molar-refractivity contribution in [2.75, 3.05) is 21.3 Å². The molecule has 0 aliphatic carbocycles. The predicted octanol–water partition coefficient (Wildman–Crippen LogP) is 5.78. The van der Waals surface area contributed by atoms with E-state index in [1.165, 1.54) is 7.11 Å². The van der Waals surface area contributed by atoms with Crippen LogP contribution < -0.4 is 20.1 Å². The molecular formula is C24H21Cl2O5P. The van der Waals surface area contributed by atoms with Crippen molar-refractivity contribution >= 4 is 53.0 Å². The van der Waals surface area contributed by atoms with Crippen LogP contribution in [0.1, 0.15) is 15.9 Å².